The third kappa shape index (κ3) is 3.63. The summed E-state index contributed by atoms with van der Waals surface area (Å²) in [7, 11) is 1.53. The maximum atomic E-state index is 11.2. The molecule has 0 saturated heterocycles. The minimum atomic E-state index is -1.25. The fourth-order valence-corrected chi connectivity index (χ4v) is 2.30. The number of carbonyl (C=O) groups is 2. The van der Waals surface area contributed by atoms with Crippen LogP contribution in [0.15, 0.2) is 30.3 Å². The molecule has 0 bridgehead atoms. The van der Waals surface area contributed by atoms with Gasteiger partial charge in [0.25, 0.3) is 0 Å². The standard InChI is InChI=1S/C15H17NO6/c1-21-9-22-8-10-3-2-4-11(5-10)12-6-13(14(17)18)16(7-12)15(19)20/h2-6,13H,7-9H2,1H3,(H,17,18)(H,19,20). The molecule has 1 amide bonds. The molecule has 0 radical (unpaired) electrons. The Balaban J connectivity index is 2.17. The van der Waals surface area contributed by atoms with Crippen LogP contribution in [0.2, 0.25) is 0 Å². The number of nitrogens with zero attached hydrogens (tertiary/aromatic N) is 1. The smallest absolute Gasteiger partial charge is 0.408 e. The number of amides is 1. The fraction of sp³-hybridized carbons (Fsp3) is 0.333. The maximum Gasteiger partial charge on any atom is 0.408 e. The van der Waals surface area contributed by atoms with Crippen molar-refractivity contribution >= 4 is 17.6 Å². The highest BCUT2D eigenvalue weighted by Crippen LogP contribution is 2.26. The summed E-state index contributed by atoms with van der Waals surface area (Å²) in [6, 6.07) is 6.21. The van der Waals surface area contributed by atoms with Crippen LogP contribution >= 0.6 is 0 Å². The lowest BCUT2D eigenvalue weighted by Gasteiger charge is -2.17. The first kappa shape index (κ1) is 16.0. The predicted octanol–water partition coefficient (Wildman–Crippen LogP) is 1.64. The van der Waals surface area contributed by atoms with Crippen LogP contribution in [0.3, 0.4) is 0 Å². The van der Waals surface area contributed by atoms with Crippen LogP contribution in [-0.2, 0) is 20.9 Å². The van der Waals surface area contributed by atoms with Crippen LogP contribution in [0.1, 0.15) is 11.1 Å². The molecule has 1 unspecified atom stereocenters. The zero-order chi connectivity index (χ0) is 16.1. The first-order valence-electron chi connectivity index (χ1n) is 6.62. The highest BCUT2D eigenvalue weighted by Gasteiger charge is 2.34. The first-order valence-corrected chi connectivity index (χ1v) is 6.62. The van der Waals surface area contributed by atoms with Gasteiger partial charge in [0.05, 0.1) is 13.2 Å². The lowest BCUT2D eigenvalue weighted by Crippen LogP contribution is -2.40. The molecule has 1 aliphatic rings. The molecule has 1 atom stereocenters. The summed E-state index contributed by atoms with van der Waals surface area (Å²) in [6.07, 6.45) is 0.212. The zero-order valence-corrected chi connectivity index (χ0v) is 12.1. The third-order valence-electron chi connectivity index (χ3n) is 3.30. The van der Waals surface area contributed by atoms with Crippen molar-refractivity contribution < 1.29 is 29.3 Å². The van der Waals surface area contributed by atoms with Gasteiger partial charge in [-0.1, -0.05) is 18.2 Å². The fourth-order valence-electron chi connectivity index (χ4n) is 2.30. The molecule has 7 nitrogen and oxygen atoms in total. The van der Waals surface area contributed by atoms with Gasteiger partial charge in [-0.2, -0.15) is 0 Å². The summed E-state index contributed by atoms with van der Waals surface area (Å²) >= 11 is 0. The molecule has 0 aromatic heterocycles. The van der Waals surface area contributed by atoms with Gasteiger partial charge in [0, 0.05) is 7.11 Å². The number of carboxylic acid groups (broad SMARTS) is 2. The molecule has 1 heterocycles. The molecule has 0 fully saturated rings. The molecular weight excluding hydrogens is 290 g/mol. The van der Waals surface area contributed by atoms with Crippen molar-refractivity contribution in [1.82, 2.24) is 4.90 Å². The van der Waals surface area contributed by atoms with Gasteiger partial charge < -0.3 is 19.7 Å². The molecule has 0 saturated carbocycles. The van der Waals surface area contributed by atoms with E-state index >= 15 is 0 Å². The van der Waals surface area contributed by atoms with Gasteiger partial charge in [0.1, 0.15) is 6.79 Å². The number of benzene rings is 1. The van der Waals surface area contributed by atoms with Crippen molar-refractivity contribution in [1.29, 1.82) is 0 Å². The van der Waals surface area contributed by atoms with Crippen LogP contribution < -0.4 is 0 Å². The number of rotatable bonds is 6. The van der Waals surface area contributed by atoms with E-state index in [9.17, 15) is 9.59 Å². The Labute approximate surface area is 127 Å². The lowest BCUT2D eigenvalue weighted by atomic mass is 10.0. The molecule has 2 rings (SSSR count). The van der Waals surface area contributed by atoms with E-state index in [0.29, 0.717) is 12.2 Å². The van der Waals surface area contributed by atoms with Crippen molar-refractivity contribution in [2.75, 3.05) is 20.4 Å². The second-order valence-electron chi connectivity index (χ2n) is 4.84. The topological polar surface area (TPSA) is 96.3 Å². The van der Waals surface area contributed by atoms with E-state index in [0.717, 1.165) is 16.0 Å². The Bertz CT molecular complexity index is 597. The minimum Gasteiger partial charge on any atom is -0.479 e. The van der Waals surface area contributed by atoms with Crippen LogP contribution in [-0.4, -0.2) is 53.7 Å². The zero-order valence-electron chi connectivity index (χ0n) is 12.1. The van der Waals surface area contributed by atoms with E-state index < -0.39 is 18.1 Å². The summed E-state index contributed by atoms with van der Waals surface area (Å²) in [5.41, 5.74) is 2.35. The second-order valence-corrected chi connectivity index (χ2v) is 4.84. The number of methoxy groups -OCH3 is 1. The molecule has 1 aliphatic heterocycles. The van der Waals surface area contributed by atoms with Crippen molar-refractivity contribution in [3.05, 3.63) is 41.5 Å². The Hall–Kier alpha value is -2.38. The number of hydrogen-bond donors (Lipinski definition) is 2. The average Bonchev–Trinajstić information content (AvgIpc) is 2.93. The van der Waals surface area contributed by atoms with Gasteiger partial charge in [-0.15, -0.1) is 0 Å². The van der Waals surface area contributed by atoms with E-state index in [-0.39, 0.29) is 13.3 Å². The Morgan fingerprint density at radius 2 is 2.14 bits per heavy atom. The Morgan fingerprint density at radius 3 is 2.73 bits per heavy atom. The van der Waals surface area contributed by atoms with Gasteiger partial charge in [-0.3, -0.25) is 4.90 Å². The van der Waals surface area contributed by atoms with Crippen LogP contribution in [0.25, 0.3) is 5.57 Å². The summed E-state index contributed by atoms with van der Waals surface area (Å²) < 4.78 is 10.1. The molecule has 1 aromatic rings. The van der Waals surface area contributed by atoms with E-state index in [1.165, 1.54) is 13.2 Å². The van der Waals surface area contributed by atoms with Gasteiger partial charge >= 0.3 is 12.1 Å². The minimum absolute atomic E-state index is 0.0503. The summed E-state index contributed by atoms with van der Waals surface area (Å²) in [4.78, 5) is 23.2. The molecule has 7 heteroatoms. The van der Waals surface area contributed by atoms with Gasteiger partial charge in [0.2, 0.25) is 0 Å². The Kier molecular flexibility index (Phi) is 5.13. The van der Waals surface area contributed by atoms with Gasteiger partial charge in [-0.05, 0) is 28.8 Å². The molecule has 2 N–H and O–H groups in total. The van der Waals surface area contributed by atoms with E-state index in [4.69, 9.17) is 19.7 Å². The Morgan fingerprint density at radius 1 is 1.36 bits per heavy atom. The monoisotopic (exact) mass is 307 g/mol. The van der Waals surface area contributed by atoms with Gasteiger partial charge in [0.15, 0.2) is 6.04 Å². The van der Waals surface area contributed by atoms with E-state index in [1.807, 2.05) is 24.3 Å². The van der Waals surface area contributed by atoms with E-state index in [2.05, 4.69) is 0 Å². The molecule has 118 valence electrons. The van der Waals surface area contributed by atoms with E-state index in [1.54, 1.807) is 0 Å². The lowest BCUT2D eigenvalue weighted by molar-refractivity contribution is -0.140. The summed E-state index contributed by atoms with van der Waals surface area (Å²) in [6.45, 7) is 0.593. The number of hydrogen-bond acceptors (Lipinski definition) is 4. The highest BCUT2D eigenvalue weighted by molar-refractivity contribution is 5.88. The maximum absolute atomic E-state index is 11.2. The van der Waals surface area contributed by atoms with Crippen molar-refractivity contribution in [2.45, 2.75) is 12.6 Å². The van der Waals surface area contributed by atoms with Crippen LogP contribution in [0.4, 0.5) is 4.79 Å². The molecular formula is C15H17NO6. The quantitative estimate of drug-likeness (QED) is 0.612. The molecule has 22 heavy (non-hydrogen) atoms. The SMILES string of the molecule is COCOCc1cccc(C2=CC(C(=O)O)N(C(=O)O)C2)c1. The number of carboxylic acids is 1. The molecule has 1 aromatic carbocycles. The molecule has 0 spiro atoms. The third-order valence-corrected chi connectivity index (χ3v) is 3.30. The predicted molar refractivity (Wildman–Crippen MR) is 77.2 cm³/mol. The van der Waals surface area contributed by atoms with Crippen molar-refractivity contribution in [3.8, 4) is 0 Å². The molecule has 0 aliphatic carbocycles. The highest BCUT2D eigenvalue weighted by atomic mass is 16.7. The average molecular weight is 307 g/mol. The summed E-state index contributed by atoms with van der Waals surface area (Å²) in [5, 5.41) is 18.2. The normalized spacial score (nSPS) is 17.4. The second kappa shape index (κ2) is 7.06. The van der Waals surface area contributed by atoms with Crippen LogP contribution in [0.5, 0.6) is 0 Å². The number of aliphatic carboxylic acids is 1. The van der Waals surface area contributed by atoms with Crippen LogP contribution in [0, 0.1) is 0 Å². The van der Waals surface area contributed by atoms with Crippen molar-refractivity contribution in [2.24, 2.45) is 0 Å². The summed E-state index contributed by atoms with van der Waals surface area (Å²) in [5.74, 6) is -1.18. The largest absolute Gasteiger partial charge is 0.479 e. The first-order chi connectivity index (χ1) is 10.5. The van der Waals surface area contributed by atoms with Crippen molar-refractivity contribution in [3.63, 3.8) is 0 Å². The van der Waals surface area contributed by atoms with Gasteiger partial charge in [-0.25, -0.2) is 9.59 Å². The number of ether oxygens (including phenoxy) is 2.